The van der Waals surface area contributed by atoms with Gasteiger partial charge in [0.25, 0.3) is 0 Å². The largest absolute Gasteiger partial charge is 0.383 e. The number of unbranched alkanes of at least 4 members (excludes halogenated alkanes) is 1. The zero-order chi connectivity index (χ0) is 12.7. The number of hydrogen-bond acceptors (Lipinski definition) is 3. The third-order valence-corrected chi connectivity index (χ3v) is 2.97. The smallest absolute Gasteiger partial charge is 0.225 e. The van der Waals surface area contributed by atoms with E-state index < -0.39 is 0 Å². The lowest BCUT2D eigenvalue weighted by Crippen LogP contribution is -2.34. The van der Waals surface area contributed by atoms with E-state index in [2.05, 4.69) is 12.2 Å². The minimum Gasteiger partial charge on any atom is -0.383 e. The fourth-order valence-electron chi connectivity index (χ4n) is 1.93. The zero-order valence-electron chi connectivity index (χ0n) is 10.7. The maximum Gasteiger partial charge on any atom is 0.225 e. The Morgan fingerprint density at radius 2 is 2.35 bits per heavy atom. The van der Waals surface area contributed by atoms with Crippen LogP contribution in [0.25, 0.3) is 0 Å². The SMILES string of the molecule is CCCCN1CC(C(=O)NCCOC)CC1=O. The monoisotopic (exact) mass is 242 g/mol. The van der Waals surface area contributed by atoms with Crippen molar-refractivity contribution in [3.63, 3.8) is 0 Å². The normalized spacial score (nSPS) is 19.8. The summed E-state index contributed by atoms with van der Waals surface area (Å²) in [5.74, 6) is -0.115. The summed E-state index contributed by atoms with van der Waals surface area (Å²) in [6, 6.07) is 0. The molecule has 98 valence electrons. The third kappa shape index (κ3) is 4.34. The van der Waals surface area contributed by atoms with Crippen molar-refractivity contribution in [2.24, 2.45) is 5.92 Å². The Labute approximate surface area is 102 Å². The van der Waals surface area contributed by atoms with E-state index in [1.165, 1.54) is 0 Å². The number of hydrogen-bond donors (Lipinski definition) is 1. The molecule has 1 heterocycles. The van der Waals surface area contributed by atoms with Crippen LogP contribution in [-0.4, -0.2) is 50.1 Å². The van der Waals surface area contributed by atoms with Crippen molar-refractivity contribution < 1.29 is 14.3 Å². The van der Waals surface area contributed by atoms with Gasteiger partial charge in [0.15, 0.2) is 0 Å². The van der Waals surface area contributed by atoms with Crippen LogP contribution in [0.4, 0.5) is 0 Å². The molecule has 0 aromatic heterocycles. The summed E-state index contributed by atoms with van der Waals surface area (Å²) in [6.07, 6.45) is 2.42. The number of ether oxygens (including phenoxy) is 1. The molecule has 0 aromatic carbocycles. The minimum absolute atomic E-state index is 0.0330. The first-order valence-electron chi connectivity index (χ1n) is 6.23. The topological polar surface area (TPSA) is 58.6 Å². The van der Waals surface area contributed by atoms with E-state index in [4.69, 9.17) is 4.74 Å². The molecule has 0 radical (unpaired) electrons. The number of nitrogens with one attached hydrogen (secondary N) is 1. The van der Waals surface area contributed by atoms with Crippen molar-refractivity contribution in [2.45, 2.75) is 26.2 Å². The second-order valence-electron chi connectivity index (χ2n) is 4.38. The van der Waals surface area contributed by atoms with Crippen LogP contribution in [0.15, 0.2) is 0 Å². The summed E-state index contributed by atoms with van der Waals surface area (Å²) in [4.78, 5) is 25.2. The molecule has 1 rings (SSSR count). The van der Waals surface area contributed by atoms with Gasteiger partial charge in [0, 0.05) is 33.2 Å². The van der Waals surface area contributed by atoms with E-state index in [0.29, 0.717) is 26.1 Å². The molecule has 0 spiro atoms. The van der Waals surface area contributed by atoms with E-state index in [9.17, 15) is 9.59 Å². The summed E-state index contributed by atoms with van der Waals surface area (Å²) in [7, 11) is 1.59. The van der Waals surface area contributed by atoms with Gasteiger partial charge in [-0.3, -0.25) is 9.59 Å². The first kappa shape index (κ1) is 14.0. The molecular formula is C12H22N2O3. The molecule has 0 aromatic rings. The molecule has 1 fully saturated rings. The van der Waals surface area contributed by atoms with Crippen LogP contribution < -0.4 is 5.32 Å². The second-order valence-corrected chi connectivity index (χ2v) is 4.38. The second kappa shape index (κ2) is 7.27. The number of likely N-dealkylation sites (tertiary alicyclic amines) is 1. The Kier molecular flexibility index (Phi) is 5.97. The van der Waals surface area contributed by atoms with E-state index in [0.717, 1.165) is 19.4 Å². The fraction of sp³-hybridized carbons (Fsp3) is 0.833. The highest BCUT2D eigenvalue weighted by Gasteiger charge is 2.33. The molecule has 0 aliphatic carbocycles. The highest BCUT2D eigenvalue weighted by molar-refractivity contribution is 5.89. The molecule has 0 saturated carbocycles. The van der Waals surface area contributed by atoms with Gasteiger partial charge in [-0.25, -0.2) is 0 Å². The van der Waals surface area contributed by atoms with Crippen molar-refractivity contribution >= 4 is 11.8 Å². The number of methoxy groups -OCH3 is 1. The van der Waals surface area contributed by atoms with Crippen LogP contribution in [0.5, 0.6) is 0 Å². The van der Waals surface area contributed by atoms with E-state index >= 15 is 0 Å². The van der Waals surface area contributed by atoms with Crippen LogP contribution in [0.2, 0.25) is 0 Å². The molecule has 1 aliphatic heterocycles. The maximum atomic E-state index is 11.7. The van der Waals surface area contributed by atoms with Crippen molar-refractivity contribution in [2.75, 3.05) is 33.4 Å². The quantitative estimate of drug-likeness (QED) is 0.657. The number of carbonyl (C=O) groups is 2. The van der Waals surface area contributed by atoms with Crippen LogP contribution in [0.1, 0.15) is 26.2 Å². The Balaban J connectivity index is 2.31. The Bertz CT molecular complexity index is 268. The van der Waals surface area contributed by atoms with Crippen molar-refractivity contribution in [3.8, 4) is 0 Å². The first-order valence-corrected chi connectivity index (χ1v) is 6.23. The maximum absolute atomic E-state index is 11.7. The standard InChI is InChI=1S/C12H22N2O3/c1-3-4-6-14-9-10(8-11(14)15)12(16)13-5-7-17-2/h10H,3-9H2,1-2H3,(H,13,16). The lowest BCUT2D eigenvalue weighted by Gasteiger charge is -2.15. The lowest BCUT2D eigenvalue weighted by atomic mass is 10.1. The van der Waals surface area contributed by atoms with Crippen molar-refractivity contribution in [3.05, 3.63) is 0 Å². The molecule has 5 heteroatoms. The highest BCUT2D eigenvalue weighted by atomic mass is 16.5. The number of nitrogens with zero attached hydrogens (tertiary/aromatic N) is 1. The predicted octanol–water partition coefficient (Wildman–Crippen LogP) is 0.398. The Hall–Kier alpha value is -1.10. The molecule has 0 bridgehead atoms. The number of carbonyl (C=O) groups excluding carboxylic acids is 2. The van der Waals surface area contributed by atoms with Gasteiger partial charge in [0.05, 0.1) is 12.5 Å². The molecule has 1 aliphatic rings. The molecule has 17 heavy (non-hydrogen) atoms. The molecule has 5 nitrogen and oxygen atoms in total. The van der Waals surface area contributed by atoms with E-state index in [1.54, 1.807) is 12.0 Å². The van der Waals surface area contributed by atoms with Gasteiger partial charge < -0.3 is 15.0 Å². The minimum atomic E-state index is -0.184. The Morgan fingerprint density at radius 1 is 1.59 bits per heavy atom. The lowest BCUT2D eigenvalue weighted by molar-refractivity contribution is -0.129. The van der Waals surface area contributed by atoms with Crippen molar-refractivity contribution in [1.29, 1.82) is 0 Å². The molecule has 1 atom stereocenters. The van der Waals surface area contributed by atoms with Crippen LogP contribution in [0.3, 0.4) is 0 Å². The molecule has 1 N–H and O–H groups in total. The average molecular weight is 242 g/mol. The molecular weight excluding hydrogens is 220 g/mol. The third-order valence-electron chi connectivity index (χ3n) is 2.97. The van der Waals surface area contributed by atoms with Crippen LogP contribution in [-0.2, 0) is 14.3 Å². The van der Waals surface area contributed by atoms with Gasteiger partial charge in [0.1, 0.15) is 0 Å². The van der Waals surface area contributed by atoms with Gasteiger partial charge in [-0.15, -0.1) is 0 Å². The van der Waals surface area contributed by atoms with Gasteiger partial charge in [0.2, 0.25) is 11.8 Å². The van der Waals surface area contributed by atoms with Gasteiger partial charge in [-0.2, -0.15) is 0 Å². The van der Waals surface area contributed by atoms with Gasteiger partial charge in [-0.1, -0.05) is 13.3 Å². The predicted molar refractivity (Wildman–Crippen MR) is 64.5 cm³/mol. The first-order chi connectivity index (χ1) is 8.19. The fourth-order valence-corrected chi connectivity index (χ4v) is 1.93. The highest BCUT2D eigenvalue weighted by Crippen LogP contribution is 2.18. The van der Waals surface area contributed by atoms with Crippen LogP contribution >= 0.6 is 0 Å². The summed E-state index contributed by atoms with van der Waals surface area (Å²) in [5.41, 5.74) is 0. The van der Waals surface area contributed by atoms with Gasteiger partial charge >= 0.3 is 0 Å². The molecule has 1 saturated heterocycles. The summed E-state index contributed by atoms with van der Waals surface area (Å²) in [5, 5.41) is 2.78. The summed E-state index contributed by atoms with van der Waals surface area (Å²) >= 11 is 0. The number of amides is 2. The molecule has 2 amide bonds. The average Bonchev–Trinajstić information content (AvgIpc) is 2.68. The molecule has 1 unspecified atom stereocenters. The van der Waals surface area contributed by atoms with Crippen molar-refractivity contribution in [1.82, 2.24) is 10.2 Å². The zero-order valence-corrected chi connectivity index (χ0v) is 10.7. The number of rotatable bonds is 7. The van der Waals surface area contributed by atoms with E-state index in [-0.39, 0.29) is 17.7 Å². The summed E-state index contributed by atoms with van der Waals surface area (Å²) in [6.45, 7) is 4.45. The van der Waals surface area contributed by atoms with E-state index in [1.807, 2.05) is 0 Å². The van der Waals surface area contributed by atoms with Crippen LogP contribution in [0, 0.1) is 5.92 Å². The summed E-state index contributed by atoms with van der Waals surface area (Å²) < 4.78 is 4.86. The Morgan fingerprint density at radius 3 is 3.00 bits per heavy atom. The van der Waals surface area contributed by atoms with Gasteiger partial charge in [-0.05, 0) is 6.42 Å².